The van der Waals surface area contributed by atoms with Crippen LogP contribution in [-0.2, 0) is 4.79 Å². The van der Waals surface area contributed by atoms with Crippen molar-refractivity contribution >= 4 is 17.3 Å². The number of carbonyl (C=O) groups is 1. The molecule has 0 aliphatic rings. The summed E-state index contributed by atoms with van der Waals surface area (Å²) >= 11 is 0. The Balaban J connectivity index is 2.06. The van der Waals surface area contributed by atoms with Crippen LogP contribution in [-0.4, -0.2) is 19.1 Å². The van der Waals surface area contributed by atoms with Gasteiger partial charge in [-0.15, -0.1) is 0 Å². The molecule has 0 spiro atoms. The zero-order valence-electron chi connectivity index (χ0n) is 13.6. The molecule has 0 aromatic heterocycles. The van der Waals surface area contributed by atoms with Crippen LogP contribution in [0.1, 0.15) is 18.9 Å². The monoisotopic (exact) mass is 314 g/mol. The molecule has 0 bridgehead atoms. The largest absolute Gasteiger partial charge is 0.495 e. The van der Waals surface area contributed by atoms with Crippen LogP contribution in [0.3, 0.4) is 0 Å². The molecule has 0 aliphatic carbocycles. The maximum Gasteiger partial charge on any atom is 0.265 e. The summed E-state index contributed by atoms with van der Waals surface area (Å²) in [5.74, 6) is 1.05. The minimum Gasteiger partial charge on any atom is -0.495 e. The third-order valence-corrected chi connectivity index (χ3v) is 3.43. The molecule has 0 saturated heterocycles. The van der Waals surface area contributed by atoms with E-state index in [1.165, 1.54) is 0 Å². The van der Waals surface area contributed by atoms with Crippen LogP contribution < -0.4 is 20.5 Å². The van der Waals surface area contributed by atoms with Gasteiger partial charge in [-0.2, -0.15) is 0 Å². The number of nitrogens with two attached hydrogens (primary N) is 1. The lowest BCUT2D eigenvalue weighted by Crippen LogP contribution is -2.32. The summed E-state index contributed by atoms with van der Waals surface area (Å²) in [5.41, 5.74) is 8.01. The molecule has 2 aromatic rings. The van der Waals surface area contributed by atoms with Gasteiger partial charge in [-0.25, -0.2) is 0 Å². The summed E-state index contributed by atoms with van der Waals surface area (Å²) in [4.78, 5) is 12.4. The number of hydrogen-bond donors (Lipinski definition) is 2. The first-order valence-corrected chi connectivity index (χ1v) is 7.51. The van der Waals surface area contributed by atoms with Crippen LogP contribution >= 0.6 is 0 Å². The highest BCUT2D eigenvalue weighted by molar-refractivity contribution is 5.95. The highest BCUT2D eigenvalue weighted by Crippen LogP contribution is 2.25. The predicted octanol–water partition coefficient (Wildman–Crippen LogP) is 3.38. The molecule has 0 heterocycles. The fourth-order valence-electron chi connectivity index (χ4n) is 2.21. The van der Waals surface area contributed by atoms with Gasteiger partial charge in [-0.3, -0.25) is 4.79 Å². The number of benzene rings is 2. The van der Waals surface area contributed by atoms with Gasteiger partial charge < -0.3 is 20.5 Å². The quantitative estimate of drug-likeness (QED) is 0.802. The zero-order valence-corrected chi connectivity index (χ0v) is 13.6. The molecule has 23 heavy (non-hydrogen) atoms. The lowest BCUT2D eigenvalue weighted by atomic mass is 10.2. The van der Waals surface area contributed by atoms with E-state index in [-0.39, 0.29) is 5.91 Å². The zero-order chi connectivity index (χ0) is 16.8. The van der Waals surface area contributed by atoms with Crippen LogP contribution in [0.2, 0.25) is 0 Å². The molecule has 3 N–H and O–H groups in total. The Morgan fingerprint density at radius 1 is 1.26 bits per heavy atom. The van der Waals surface area contributed by atoms with E-state index >= 15 is 0 Å². The number of anilines is 2. The average molecular weight is 314 g/mol. The van der Waals surface area contributed by atoms with Gasteiger partial charge in [0.15, 0.2) is 6.10 Å². The van der Waals surface area contributed by atoms with E-state index in [1.54, 1.807) is 25.3 Å². The Kier molecular flexibility index (Phi) is 5.46. The minimum absolute atomic E-state index is 0.210. The molecule has 0 aliphatic heterocycles. The van der Waals surface area contributed by atoms with E-state index in [4.69, 9.17) is 15.2 Å². The van der Waals surface area contributed by atoms with Crippen molar-refractivity contribution < 1.29 is 14.3 Å². The normalized spacial score (nSPS) is 11.6. The number of rotatable bonds is 6. The lowest BCUT2D eigenvalue weighted by molar-refractivity contribution is -0.122. The molecule has 0 fully saturated rings. The summed E-state index contributed by atoms with van der Waals surface area (Å²) < 4.78 is 10.9. The van der Waals surface area contributed by atoms with Crippen molar-refractivity contribution in [2.75, 3.05) is 18.2 Å². The molecule has 1 amide bonds. The van der Waals surface area contributed by atoms with E-state index < -0.39 is 6.10 Å². The second-order valence-electron chi connectivity index (χ2n) is 5.28. The summed E-state index contributed by atoms with van der Waals surface area (Å²) in [6.07, 6.45) is -0.00840. The first-order chi connectivity index (χ1) is 11.0. The highest BCUT2D eigenvalue weighted by atomic mass is 16.5. The van der Waals surface area contributed by atoms with Crippen molar-refractivity contribution in [1.82, 2.24) is 0 Å². The fraction of sp³-hybridized carbons (Fsp3) is 0.278. The number of nitrogen functional groups attached to an aromatic ring is 1. The number of nitrogens with one attached hydrogen (secondary N) is 1. The molecule has 1 atom stereocenters. The Bertz CT molecular complexity index is 686. The van der Waals surface area contributed by atoms with Gasteiger partial charge in [0, 0.05) is 5.69 Å². The molecule has 122 valence electrons. The van der Waals surface area contributed by atoms with Crippen LogP contribution in [0.15, 0.2) is 42.5 Å². The summed E-state index contributed by atoms with van der Waals surface area (Å²) in [6, 6.07) is 12.7. The highest BCUT2D eigenvalue weighted by Gasteiger charge is 2.19. The standard InChI is InChI=1S/C18H22N2O3/c1-4-16(23-14-7-5-6-12(2)10-14)18(21)20-13-8-9-17(22-3)15(19)11-13/h5-11,16H,4,19H2,1-3H3,(H,20,21). The molecule has 0 radical (unpaired) electrons. The van der Waals surface area contributed by atoms with Crippen LogP contribution in [0.25, 0.3) is 0 Å². The maximum absolute atomic E-state index is 12.4. The Hall–Kier alpha value is -2.69. The molecule has 5 nitrogen and oxygen atoms in total. The van der Waals surface area contributed by atoms with Gasteiger partial charge in [0.05, 0.1) is 12.8 Å². The van der Waals surface area contributed by atoms with Crippen molar-refractivity contribution in [3.05, 3.63) is 48.0 Å². The van der Waals surface area contributed by atoms with Gasteiger partial charge in [0.2, 0.25) is 0 Å². The number of carbonyl (C=O) groups excluding carboxylic acids is 1. The molecule has 1 unspecified atom stereocenters. The van der Waals surface area contributed by atoms with E-state index in [1.807, 2.05) is 38.1 Å². The summed E-state index contributed by atoms with van der Waals surface area (Å²) in [6.45, 7) is 3.89. The van der Waals surface area contributed by atoms with Gasteiger partial charge in [-0.05, 0) is 49.2 Å². The van der Waals surface area contributed by atoms with Crippen molar-refractivity contribution in [2.45, 2.75) is 26.4 Å². The second-order valence-corrected chi connectivity index (χ2v) is 5.28. The fourth-order valence-corrected chi connectivity index (χ4v) is 2.21. The smallest absolute Gasteiger partial charge is 0.265 e. The average Bonchev–Trinajstić information content (AvgIpc) is 2.52. The first-order valence-electron chi connectivity index (χ1n) is 7.51. The lowest BCUT2D eigenvalue weighted by Gasteiger charge is -2.18. The maximum atomic E-state index is 12.4. The van der Waals surface area contributed by atoms with Crippen molar-refractivity contribution in [1.29, 1.82) is 0 Å². The number of hydrogen-bond acceptors (Lipinski definition) is 4. The number of methoxy groups -OCH3 is 1. The molecule has 2 aromatic carbocycles. The van der Waals surface area contributed by atoms with Crippen molar-refractivity contribution in [2.24, 2.45) is 0 Å². The molecular formula is C18H22N2O3. The molecular weight excluding hydrogens is 292 g/mol. The van der Waals surface area contributed by atoms with E-state index in [9.17, 15) is 4.79 Å². The van der Waals surface area contributed by atoms with Gasteiger partial charge >= 0.3 is 0 Å². The molecule has 2 rings (SSSR count). The summed E-state index contributed by atoms with van der Waals surface area (Å²) in [7, 11) is 1.55. The molecule has 0 saturated carbocycles. The number of amides is 1. The number of aryl methyl sites for hydroxylation is 1. The minimum atomic E-state index is -0.569. The Morgan fingerprint density at radius 3 is 2.65 bits per heavy atom. The van der Waals surface area contributed by atoms with Crippen LogP contribution in [0.4, 0.5) is 11.4 Å². The van der Waals surface area contributed by atoms with E-state index in [0.717, 1.165) is 5.56 Å². The van der Waals surface area contributed by atoms with Crippen molar-refractivity contribution in [3.8, 4) is 11.5 Å². The van der Waals surface area contributed by atoms with Crippen LogP contribution in [0, 0.1) is 6.92 Å². The molecule has 5 heteroatoms. The SMILES string of the molecule is CCC(Oc1cccc(C)c1)C(=O)Nc1ccc(OC)c(N)c1. The second kappa shape index (κ2) is 7.54. The Labute approximate surface area is 136 Å². The van der Waals surface area contributed by atoms with Gasteiger partial charge in [-0.1, -0.05) is 19.1 Å². The van der Waals surface area contributed by atoms with Gasteiger partial charge in [0.25, 0.3) is 5.91 Å². The van der Waals surface area contributed by atoms with E-state index in [0.29, 0.717) is 29.3 Å². The predicted molar refractivity (Wildman–Crippen MR) is 91.9 cm³/mol. The third-order valence-electron chi connectivity index (χ3n) is 3.43. The van der Waals surface area contributed by atoms with Gasteiger partial charge in [0.1, 0.15) is 11.5 Å². The Morgan fingerprint density at radius 2 is 2.04 bits per heavy atom. The third kappa shape index (κ3) is 4.39. The summed E-state index contributed by atoms with van der Waals surface area (Å²) in [5, 5.41) is 2.82. The van der Waals surface area contributed by atoms with E-state index in [2.05, 4.69) is 5.32 Å². The topological polar surface area (TPSA) is 73.6 Å². The van der Waals surface area contributed by atoms with Crippen LogP contribution in [0.5, 0.6) is 11.5 Å². The number of ether oxygens (including phenoxy) is 2. The first kappa shape index (κ1) is 16.7. The van der Waals surface area contributed by atoms with Crippen molar-refractivity contribution in [3.63, 3.8) is 0 Å².